The zero-order valence-corrected chi connectivity index (χ0v) is 9.50. The highest BCUT2D eigenvalue weighted by atomic mass is 19.4. The SMILES string of the molecule is C[C@H](O)c1ccc(OCCOC(F)(F)F)cc1F. The van der Waals surface area contributed by atoms with E-state index in [1.165, 1.54) is 19.1 Å². The lowest BCUT2D eigenvalue weighted by molar-refractivity contribution is -0.325. The molecule has 1 rings (SSSR count). The predicted octanol–water partition coefficient (Wildman–Crippen LogP) is 2.79. The molecule has 7 heteroatoms. The average molecular weight is 268 g/mol. The Morgan fingerprint density at radius 1 is 1.28 bits per heavy atom. The van der Waals surface area contributed by atoms with Crippen LogP contribution in [0.4, 0.5) is 17.6 Å². The van der Waals surface area contributed by atoms with Crippen LogP contribution in [-0.2, 0) is 4.74 Å². The second-order valence-electron chi connectivity index (χ2n) is 3.50. The van der Waals surface area contributed by atoms with Crippen LogP contribution in [0.15, 0.2) is 18.2 Å². The summed E-state index contributed by atoms with van der Waals surface area (Å²) in [4.78, 5) is 0. The molecule has 1 aromatic carbocycles. The highest BCUT2D eigenvalue weighted by Gasteiger charge is 2.28. The molecule has 0 bridgehead atoms. The minimum atomic E-state index is -4.70. The molecule has 0 radical (unpaired) electrons. The number of aliphatic hydroxyl groups excluding tert-OH is 1. The summed E-state index contributed by atoms with van der Waals surface area (Å²) >= 11 is 0. The molecule has 0 fully saturated rings. The van der Waals surface area contributed by atoms with Gasteiger partial charge in [-0.1, -0.05) is 0 Å². The van der Waals surface area contributed by atoms with E-state index in [9.17, 15) is 22.7 Å². The number of halogens is 4. The van der Waals surface area contributed by atoms with Crippen molar-refractivity contribution in [2.45, 2.75) is 19.4 Å². The monoisotopic (exact) mass is 268 g/mol. The van der Waals surface area contributed by atoms with E-state index in [0.29, 0.717) is 0 Å². The van der Waals surface area contributed by atoms with Gasteiger partial charge in [-0.3, -0.25) is 4.74 Å². The first-order valence-electron chi connectivity index (χ1n) is 5.10. The van der Waals surface area contributed by atoms with Crippen LogP contribution >= 0.6 is 0 Å². The van der Waals surface area contributed by atoms with Crippen molar-refractivity contribution in [3.05, 3.63) is 29.6 Å². The molecule has 0 aromatic heterocycles. The van der Waals surface area contributed by atoms with Crippen LogP contribution in [-0.4, -0.2) is 24.7 Å². The minimum Gasteiger partial charge on any atom is -0.491 e. The molecule has 0 aliphatic heterocycles. The number of rotatable bonds is 5. The molecule has 1 N–H and O–H groups in total. The average Bonchev–Trinajstić information content (AvgIpc) is 2.22. The van der Waals surface area contributed by atoms with E-state index in [1.54, 1.807) is 0 Å². The highest BCUT2D eigenvalue weighted by molar-refractivity contribution is 5.29. The van der Waals surface area contributed by atoms with Crippen molar-refractivity contribution >= 4 is 0 Å². The van der Waals surface area contributed by atoms with E-state index in [4.69, 9.17) is 4.74 Å². The lowest BCUT2D eigenvalue weighted by Crippen LogP contribution is -2.18. The van der Waals surface area contributed by atoms with Gasteiger partial charge in [0, 0.05) is 11.6 Å². The fourth-order valence-corrected chi connectivity index (χ4v) is 1.25. The second kappa shape index (κ2) is 6.01. The third kappa shape index (κ3) is 4.89. The summed E-state index contributed by atoms with van der Waals surface area (Å²) in [7, 11) is 0. The van der Waals surface area contributed by atoms with Crippen molar-refractivity contribution in [3.8, 4) is 5.75 Å². The zero-order chi connectivity index (χ0) is 13.8. The fourth-order valence-electron chi connectivity index (χ4n) is 1.25. The number of ether oxygens (including phenoxy) is 2. The Labute approximate surface area is 101 Å². The number of hydrogen-bond donors (Lipinski definition) is 1. The summed E-state index contributed by atoms with van der Waals surface area (Å²) in [6.07, 6.45) is -5.67. The first-order chi connectivity index (χ1) is 8.29. The molecule has 0 amide bonds. The Morgan fingerprint density at radius 2 is 1.94 bits per heavy atom. The Kier molecular flexibility index (Phi) is 4.92. The standard InChI is InChI=1S/C11H12F4O3/c1-7(16)9-3-2-8(6-10(9)12)17-4-5-18-11(13,14)15/h2-3,6-7,16H,4-5H2,1H3/t7-/m0/s1. The van der Waals surface area contributed by atoms with Gasteiger partial charge in [0.25, 0.3) is 0 Å². The van der Waals surface area contributed by atoms with Crippen LogP contribution in [0.1, 0.15) is 18.6 Å². The van der Waals surface area contributed by atoms with Gasteiger partial charge in [-0.2, -0.15) is 0 Å². The molecular formula is C11H12F4O3. The summed E-state index contributed by atoms with van der Waals surface area (Å²) in [6, 6.07) is 3.66. The van der Waals surface area contributed by atoms with Gasteiger partial charge in [-0.25, -0.2) is 4.39 Å². The summed E-state index contributed by atoms with van der Waals surface area (Å²) in [6.45, 7) is 0.367. The number of aliphatic hydroxyl groups is 1. The molecule has 1 atom stereocenters. The fraction of sp³-hybridized carbons (Fsp3) is 0.455. The van der Waals surface area contributed by atoms with Gasteiger partial charge in [-0.05, 0) is 19.1 Å². The number of benzene rings is 1. The van der Waals surface area contributed by atoms with Gasteiger partial charge in [-0.15, -0.1) is 13.2 Å². The van der Waals surface area contributed by atoms with Crippen molar-refractivity contribution in [2.75, 3.05) is 13.2 Å². The molecule has 0 aliphatic carbocycles. The number of hydrogen-bond acceptors (Lipinski definition) is 3. The Morgan fingerprint density at radius 3 is 2.44 bits per heavy atom. The first kappa shape index (κ1) is 14.7. The molecule has 0 unspecified atom stereocenters. The third-order valence-corrected chi connectivity index (χ3v) is 2.04. The second-order valence-corrected chi connectivity index (χ2v) is 3.50. The molecule has 0 spiro atoms. The predicted molar refractivity (Wildman–Crippen MR) is 54.5 cm³/mol. The normalized spacial score (nSPS) is 13.4. The van der Waals surface area contributed by atoms with Gasteiger partial charge < -0.3 is 9.84 Å². The number of alkyl halides is 3. The summed E-state index contributed by atoms with van der Waals surface area (Å²) in [5.41, 5.74) is 0.0916. The van der Waals surface area contributed by atoms with Gasteiger partial charge >= 0.3 is 6.36 Å². The Hall–Kier alpha value is -1.34. The molecule has 3 nitrogen and oxygen atoms in total. The summed E-state index contributed by atoms with van der Waals surface area (Å²) < 4.78 is 56.6. The van der Waals surface area contributed by atoms with E-state index in [1.807, 2.05) is 0 Å². The van der Waals surface area contributed by atoms with Crippen molar-refractivity contribution in [1.29, 1.82) is 0 Å². The van der Waals surface area contributed by atoms with Gasteiger partial charge in [0.2, 0.25) is 0 Å². The smallest absolute Gasteiger partial charge is 0.491 e. The first-order valence-corrected chi connectivity index (χ1v) is 5.10. The molecule has 0 aliphatic rings. The largest absolute Gasteiger partial charge is 0.522 e. The third-order valence-electron chi connectivity index (χ3n) is 2.04. The van der Waals surface area contributed by atoms with Gasteiger partial charge in [0.1, 0.15) is 18.2 Å². The van der Waals surface area contributed by atoms with Crippen molar-refractivity contribution in [1.82, 2.24) is 0 Å². The lowest BCUT2D eigenvalue weighted by atomic mass is 10.1. The van der Waals surface area contributed by atoms with E-state index in [-0.39, 0.29) is 17.9 Å². The van der Waals surface area contributed by atoms with Gasteiger partial charge in [0.05, 0.1) is 12.7 Å². The van der Waals surface area contributed by atoms with Crippen molar-refractivity contribution in [2.24, 2.45) is 0 Å². The Bertz CT molecular complexity index is 390. The molecule has 0 heterocycles. The van der Waals surface area contributed by atoms with Crippen LogP contribution in [0.5, 0.6) is 5.75 Å². The molecular weight excluding hydrogens is 256 g/mol. The maximum atomic E-state index is 13.3. The molecule has 1 aromatic rings. The van der Waals surface area contributed by atoms with E-state index in [0.717, 1.165) is 6.07 Å². The topological polar surface area (TPSA) is 38.7 Å². The zero-order valence-electron chi connectivity index (χ0n) is 9.50. The minimum absolute atomic E-state index is 0.0719. The highest BCUT2D eigenvalue weighted by Crippen LogP contribution is 2.22. The lowest BCUT2D eigenvalue weighted by Gasteiger charge is -2.11. The Balaban J connectivity index is 2.47. The van der Waals surface area contributed by atoms with Crippen LogP contribution < -0.4 is 4.74 Å². The van der Waals surface area contributed by atoms with E-state index < -0.39 is 24.9 Å². The van der Waals surface area contributed by atoms with E-state index >= 15 is 0 Å². The van der Waals surface area contributed by atoms with Crippen LogP contribution in [0, 0.1) is 5.82 Å². The van der Waals surface area contributed by atoms with Crippen LogP contribution in [0.2, 0.25) is 0 Å². The van der Waals surface area contributed by atoms with Crippen LogP contribution in [0.25, 0.3) is 0 Å². The summed E-state index contributed by atoms with van der Waals surface area (Å²) in [5.74, 6) is -0.609. The van der Waals surface area contributed by atoms with E-state index in [2.05, 4.69) is 4.74 Å². The van der Waals surface area contributed by atoms with Gasteiger partial charge in [0.15, 0.2) is 0 Å². The molecule has 0 saturated heterocycles. The summed E-state index contributed by atoms with van der Waals surface area (Å²) in [5, 5.41) is 9.17. The molecule has 18 heavy (non-hydrogen) atoms. The maximum absolute atomic E-state index is 13.3. The van der Waals surface area contributed by atoms with Crippen LogP contribution in [0.3, 0.4) is 0 Å². The molecule has 102 valence electrons. The van der Waals surface area contributed by atoms with Crippen molar-refractivity contribution in [3.63, 3.8) is 0 Å². The maximum Gasteiger partial charge on any atom is 0.522 e. The molecule has 0 saturated carbocycles. The van der Waals surface area contributed by atoms with Crippen molar-refractivity contribution < 1.29 is 32.1 Å². The quantitative estimate of drug-likeness (QED) is 0.659.